The highest BCUT2D eigenvalue weighted by Gasteiger charge is 2.26. The number of hydrogen-bond acceptors (Lipinski definition) is 1. The Morgan fingerprint density at radius 3 is 1.96 bits per heavy atom. The molecule has 3 aliphatic carbocycles. The molecule has 1 atom stereocenters. The van der Waals surface area contributed by atoms with Gasteiger partial charge in [0.25, 0.3) is 0 Å². The zero-order valence-corrected chi connectivity index (χ0v) is 26.2. The Kier molecular flexibility index (Phi) is 5.74. The summed E-state index contributed by atoms with van der Waals surface area (Å²) in [6.45, 7) is 0. The zero-order valence-electron chi connectivity index (χ0n) is 25.3. The average molecular weight is 603 g/mol. The molecule has 0 nitrogen and oxygen atoms in total. The second-order valence-electron chi connectivity index (χ2n) is 12.8. The van der Waals surface area contributed by atoms with Crippen LogP contribution >= 0.6 is 11.3 Å². The SMILES string of the molecule is C1=C[C@@H]2CC(c3c4ccccc4c(C4=Cc5ccccc5C4)c4ccccc34)=CC=C2C=C1c1cccc2c1sc1ccccc12. The molecule has 0 radical (unpaired) electrons. The maximum atomic E-state index is 2.44. The van der Waals surface area contributed by atoms with E-state index in [4.69, 9.17) is 0 Å². The van der Waals surface area contributed by atoms with E-state index in [1.54, 1.807) is 0 Å². The van der Waals surface area contributed by atoms with Crippen molar-refractivity contribution in [1.82, 2.24) is 0 Å². The molecule has 216 valence electrons. The van der Waals surface area contributed by atoms with Gasteiger partial charge in [0.05, 0.1) is 0 Å². The zero-order chi connectivity index (χ0) is 30.2. The fourth-order valence-electron chi connectivity index (χ4n) is 8.11. The molecule has 46 heavy (non-hydrogen) atoms. The Hall–Kier alpha value is -5.24. The van der Waals surface area contributed by atoms with E-state index >= 15 is 0 Å². The first kappa shape index (κ1) is 26.0. The first-order valence-electron chi connectivity index (χ1n) is 16.2. The lowest BCUT2D eigenvalue weighted by molar-refractivity contribution is 0.795. The summed E-state index contributed by atoms with van der Waals surface area (Å²) in [5, 5.41) is 8.11. The topological polar surface area (TPSA) is 0 Å². The van der Waals surface area contributed by atoms with Crippen molar-refractivity contribution < 1.29 is 0 Å². The maximum Gasteiger partial charge on any atom is 0.0433 e. The van der Waals surface area contributed by atoms with Gasteiger partial charge in [-0.25, -0.2) is 0 Å². The van der Waals surface area contributed by atoms with Crippen molar-refractivity contribution in [3.63, 3.8) is 0 Å². The third-order valence-electron chi connectivity index (χ3n) is 10.2. The molecular formula is C45H30S. The van der Waals surface area contributed by atoms with Gasteiger partial charge in [-0.1, -0.05) is 146 Å². The molecule has 1 aromatic heterocycles. The molecular weight excluding hydrogens is 573 g/mol. The molecule has 6 aromatic carbocycles. The highest BCUT2D eigenvalue weighted by Crippen LogP contribution is 2.47. The number of hydrogen-bond donors (Lipinski definition) is 0. The van der Waals surface area contributed by atoms with Gasteiger partial charge in [0.2, 0.25) is 0 Å². The van der Waals surface area contributed by atoms with Gasteiger partial charge in [-0.2, -0.15) is 0 Å². The number of allylic oxidation sites excluding steroid dienone is 9. The molecule has 0 bridgehead atoms. The van der Waals surface area contributed by atoms with Gasteiger partial charge in [-0.15, -0.1) is 11.3 Å². The minimum Gasteiger partial charge on any atom is -0.135 e. The Bertz CT molecular complexity index is 2520. The summed E-state index contributed by atoms with van der Waals surface area (Å²) in [6, 6.07) is 42.5. The summed E-state index contributed by atoms with van der Waals surface area (Å²) in [7, 11) is 0. The van der Waals surface area contributed by atoms with Crippen LogP contribution in [0.2, 0.25) is 0 Å². The van der Waals surface area contributed by atoms with Crippen LogP contribution in [0.3, 0.4) is 0 Å². The first-order chi connectivity index (χ1) is 22.8. The minimum absolute atomic E-state index is 0.370. The van der Waals surface area contributed by atoms with Crippen molar-refractivity contribution >= 4 is 75.8 Å². The molecule has 10 rings (SSSR count). The van der Waals surface area contributed by atoms with Gasteiger partial charge >= 0.3 is 0 Å². The average Bonchev–Trinajstić information content (AvgIpc) is 3.72. The number of fused-ring (bicyclic) bond motifs is 7. The Morgan fingerprint density at radius 1 is 0.543 bits per heavy atom. The highest BCUT2D eigenvalue weighted by molar-refractivity contribution is 7.26. The van der Waals surface area contributed by atoms with Crippen molar-refractivity contribution in [1.29, 1.82) is 0 Å². The summed E-state index contributed by atoms with van der Waals surface area (Å²) in [6.07, 6.45) is 16.4. The van der Waals surface area contributed by atoms with Gasteiger partial charge in [0, 0.05) is 26.1 Å². The summed E-state index contributed by atoms with van der Waals surface area (Å²) in [5.41, 5.74) is 12.4. The van der Waals surface area contributed by atoms with Gasteiger partial charge in [-0.3, -0.25) is 0 Å². The van der Waals surface area contributed by atoms with Crippen molar-refractivity contribution in [2.75, 3.05) is 0 Å². The monoisotopic (exact) mass is 602 g/mol. The van der Waals surface area contributed by atoms with E-state index < -0.39 is 0 Å². The van der Waals surface area contributed by atoms with Crippen LogP contribution in [-0.2, 0) is 6.42 Å². The Balaban J connectivity index is 1.11. The molecule has 0 spiro atoms. The second kappa shape index (κ2) is 10.1. The molecule has 0 saturated heterocycles. The van der Waals surface area contributed by atoms with E-state index in [9.17, 15) is 0 Å². The summed E-state index contributed by atoms with van der Waals surface area (Å²) < 4.78 is 2.73. The van der Waals surface area contributed by atoms with Gasteiger partial charge in [0.15, 0.2) is 0 Å². The van der Waals surface area contributed by atoms with Crippen LogP contribution < -0.4 is 0 Å². The standard InChI is InChI=1S/C45H30S/c1-2-11-29-27-34(26-28(29)10-1)44-39-15-5-3-13-37(39)43(38-14-4-6-16-40(38)44)33-23-21-30-24-32(22-20-31(30)25-33)35-17-9-18-41-36-12-7-8-19-42(36)46-45(35)41/h1-24,26,31H,25,27H2/t31-/m1/s1. The van der Waals surface area contributed by atoms with Crippen molar-refractivity contribution in [2.24, 2.45) is 5.92 Å². The largest absolute Gasteiger partial charge is 0.135 e. The normalized spacial score (nSPS) is 17.2. The van der Waals surface area contributed by atoms with Gasteiger partial charge in [-0.05, 0) is 90.6 Å². The minimum atomic E-state index is 0.370. The van der Waals surface area contributed by atoms with E-state index in [2.05, 4.69) is 152 Å². The van der Waals surface area contributed by atoms with Crippen LogP contribution in [0.15, 0.2) is 151 Å². The predicted octanol–water partition coefficient (Wildman–Crippen LogP) is 12.4. The molecule has 1 heterocycles. The van der Waals surface area contributed by atoms with Crippen LogP contribution in [0.4, 0.5) is 0 Å². The fourth-order valence-corrected chi connectivity index (χ4v) is 9.35. The van der Waals surface area contributed by atoms with E-state index in [1.807, 2.05) is 11.3 Å². The van der Waals surface area contributed by atoms with Crippen LogP contribution in [0.25, 0.3) is 64.5 Å². The molecule has 1 heteroatoms. The molecule has 0 aliphatic heterocycles. The quantitative estimate of drug-likeness (QED) is 0.177. The van der Waals surface area contributed by atoms with Crippen molar-refractivity contribution in [3.8, 4) is 0 Å². The van der Waals surface area contributed by atoms with Crippen LogP contribution in [-0.4, -0.2) is 0 Å². The molecule has 0 unspecified atom stereocenters. The fraction of sp³-hybridized carbons (Fsp3) is 0.0667. The van der Waals surface area contributed by atoms with E-state index in [0.717, 1.165) is 12.8 Å². The van der Waals surface area contributed by atoms with Crippen LogP contribution in [0, 0.1) is 5.92 Å². The summed E-state index contributed by atoms with van der Waals surface area (Å²) >= 11 is 1.91. The lowest BCUT2D eigenvalue weighted by Gasteiger charge is -2.27. The molecule has 0 fully saturated rings. The lowest BCUT2D eigenvalue weighted by Crippen LogP contribution is -2.09. The molecule has 0 saturated carbocycles. The maximum absolute atomic E-state index is 2.44. The van der Waals surface area contributed by atoms with Crippen LogP contribution in [0.1, 0.15) is 34.2 Å². The number of thiophene rings is 1. The van der Waals surface area contributed by atoms with Gasteiger partial charge < -0.3 is 0 Å². The Labute approximate surface area is 272 Å². The van der Waals surface area contributed by atoms with E-state index in [0.29, 0.717) is 5.92 Å². The van der Waals surface area contributed by atoms with Gasteiger partial charge in [0.1, 0.15) is 0 Å². The first-order valence-corrected chi connectivity index (χ1v) is 17.1. The smallest absolute Gasteiger partial charge is 0.0433 e. The summed E-state index contributed by atoms with van der Waals surface area (Å²) in [4.78, 5) is 0. The predicted molar refractivity (Wildman–Crippen MR) is 200 cm³/mol. The number of rotatable bonds is 3. The molecule has 7 aromatic rings. The molecule has 0 N–H and O–H groups in total. The van der Waals surface area contributed by atoms with E-state index in [-0.39, 0.29) is 0 Å². The van der Waals surface area contributed by atoms with E-state index in [1.165, 1.54) is 91.8 Å². The second-order valence-corrected chi connectivity index (χ2v) is 13.8. The number of benzene rings is 6. The summed E-state index contributed by atoms with van der Waals surface area (Å²) in [5.74, 6) is 0.370. The molecule has 0 amide bonds. The van der Waals surface area contributed by atoms with Crippen molar-refractivity contribution in [3.05, 3.63) is 179 Å². The third-order valence-corrected chi connectivity index (χ3v) is 11.4. The third kappa shape index (κ3) is 3.92. The van der Waals surface area contributed by atoms with Crippen molar-refractivity contribution in [2.45, 2.75) is 12.8 Å². The Morgan fingerprint density at radius 2 is 1.20 bits per heavy atom. The van der Waals surface area contributed by atoms with Crippen LogP contribution in [0.5, 0.6) is 0 Å². The lowest BCUT2D eigenvalue weighted by atomic mass is 9.77. The highest BCUT2D eigenvalue weighted by atomic mass is 32.1. The molecule has 3 aliphatic rings.